The minimum atomic E-state index is -0.0613. The lowest BCUT2D eigenvalue weighted by Gasteiger charge is -2.28. The van der Waals surface area contributed by atoms with Gasteiger partial charge in [0.1, 0.15) is 7.85 Å². The van der Waals surface area contributed by atoms with Crippen molar-refractivity contribution in [3.63, 3.8) is 0 Å². The van der Waals surface area contributed by atoms with Gasteiger partial charge in [-0.3, -0.25) is 4.79 Å². The van der Waals surface area contributed by atoms with Crippen LogP contribution in [0.1, 0.15) is 43.6 Å². The summed E-state index contributed by atoms with van der Waals surface area (Å²) < 4.78 is 4.74. The predicted octanol–water partition coefficient (Wildman–Crippen LogP) is 1.78. The quantitative estimate of drug-likeness (QED) is 0.598. The largest absolute Gasteiger partial charge is 0.469 e. The number of hydrogen-bond donors (Lipinski definition) is 0. The van der Waals surface area contributed by atoms with Crippen LogP contribution in [0.15, 0.2) is 24.3 Å². The molecule has 96 valence electrons. The van der Waals surface area contributed by atoms with Crippen LogP contribution in [0, 0.1) is 5.92 Å². The summed E-state index contributed by atoms with van der Waals surface area (Å²) in [6.07, 6.45) is 5.29. The Labute approximate surface area is 110 Å². The normalized spacial score (nSPS) is 23.6. The van der Waals surface area contributed by atoms with Gasteiger partial charge in [-0.1, -0.05) is 29.7 Å². The van der Waals surface area contributed by atoms with Crippen LogP contribution in [-0.2, 0) is 9.53 Å². The van der Waals surface area contributed by atoms with Gasteiger partial charge in [0.05, 0.1) is 7.11 Å². The molecule has 0 aliphatic heterocycles. The fourth-order valence-corrected chi connectivity index (χ4v) is 2.86. The fourth-order valence-electron chi connectivity index (χ4n) is 2.86. The molecule has 0 aromatic heterocycles. The number of ether oxygens (including phenoxy) is 1. The summed E-state index contributed by atoms with van der Waals surface area (Å²) in [6, 6.07) is 8.88. The van der Waals surface area contributed by atoms with Crippen molar-refractivity contribution in [2.75, 3.05) is 7.11 Å². The van der Waals surface area contributed by atoms with Crippen LogP contribution in [0.25, 0.3) is 0 Å². The highest BCUT2D eigenvalue weighted by atomic mass is 16.5. The van der Waals surface area contributed by atoms with Gasteiger partial charge in [-0.05, 0) is 43.1 Å². The Balaban J connectivity index is 1.86. The second kappa shape index (κ2) is 6.08. The molecule has 18 heavy (non-hydrogen) atoms. The van der Waals surface area contributed by atoms with E-state index in [9.17, 15) is 4.79 Å². The highest BCUT2D eigenvalue weighted by Gasteiger charge is 2.24. The number of rotatable bonds is 3. The zero-order valence-electron chi connectivity index (χ0n) is 11.3. The Bertz CT molecular complexity index is 391. The molecule has 2 rings (SSSR count). The summed E-state index contributed by atoms with van der Waals surface area (Å²) in [5, 5.41) is 0. The first-order valence-corrected chi connectivity index (χ1v) is 6.82. The smallest absolute Gasteiger partial charge is 0.305 e. The monoisotopic (exact) mass is 244 g/mol. The lowest BCUT2D eigenvalue weighted by atomic mass is 9.77. The third kappa shape index (κ3) is 3.38. The molecule has 2 nitrogen and oxygen atoms in total. The van der Waals surface area contributed by atoms with E-state index >= 15 is 0 Å². The molecule has 0 atom stereocenters. The minimum absolute atomic E-state index is 0.0613. The van der Waals surface area contributed by atoms with Crippen LogP contribution in [-0.4, -0.2) is 20.9 Å². The molecule has 0 saturated heterocycles. The fraction of sp³-hybridized carbons (Fsp3) is 0.533. The summed E-state index contributed by atoms with van der Waals surface area (Å²) in [7, 11) is 3.59. The number of hydrogen-bond acceptors (Lipinski definition) is 2. The summed E-state index contributed by atoms with van der Waals surface area (Å²) in [6.45, 7) is 0. The Kier molecular flexibility index (Phi) is 4.46. The molecular weight excluding hydrogens is 223 g/mol. The Morgan fingerprint density at radius 1 is 1.22 bits per heavy atom. The van der Waals surface area contributed by atoms with Crippen LogP contribution in [0.2, 0.25) is 0 Å². The second-order valence-corrected chi connectivity index (χ2v) is 5.41. The third-order valence-corrected chi connectivity index (χ3v) is 4.08. The maximum absolute atomic E-state index is 11.2. The SMILES string of the molecule is Bc1ccc([C@H]2CC[C@H](CC(=O)OC)CC2)cc1. The number of esters is 1. The predicted molar refractivity (Wildman–Crippen MR) is 76.0 cm³/mol. The van der Waals surface area contributed by atoms with Crippen molar-refractivity contribution in [2.45, 2.75) is 38.0 Å². The zero-order chi connectivity index (χ0) is 13.0. The van der Waals surface area contributed by atoms with E-state index in [0.717, 1.165) is 12.8 Å². The maximum atomic E-state index is 11.2. The van der Waals surface area contributed by atoms with Gasteiger partial charge in [0.2, 0.25) is 0 Å². The maximum Gasteiger partial charge on any atom is 0.305 e. The van der Waals surface area contributed by atoms with E-state index in [0.29, 0.717) is 18.3 Å². The van der Waals surface area contributed by atoms with Gasteiger partial charge < -0.3 is 4.74 Å². The average Bonchev–Trinajstić information content (AvgIpc) is 2.40. The summed E-state index contributed by atoms with van der Waals surface area (Å²) in [4.78, 5) is 11.2. The molecule has 1 fully saturated rings. The van der Waals surface area contributed by atoms with Crippen LogP contribution in [0.4, 0.5) is 0 Å². The Hall–Kier alpha value is -1.25. The molecular formula is C15H21BO2. The van der Waals surface area contributed by atoms with Gasteiger partial charge in [0.15, 0.2) is 0 Å². The van der Waals surface area contributed by atoms with Crippen molar-refractivity contribution in [3.05, 3.63) is 29.8 Å². The van der Waals surface area contributed by atoms with E-state index < -0.39 is 0 Å². The molecule has 1 aromatic carbocycles. The topological polar surface area (TPSA) is 26.3 Å². The Morgan fingerprint density at radius 3 is 2.39 bits per heavy atom. The lowest BCUT2D eigenvalue weighted by Crippen LogP contribution is -2.17. The van der Waals surface area contributed by atoms with Crippen LogP contribution < -0.4 is 5.46 Å². The second-order valence-electron chi connectivity index (χ2n) is 5.41. The van der Waals surface area contributed by atoms with Crippen molar-refractivity contribution in [1.82, 2.24) is 0 Å². The molecule has 0 N–H and O–H groups in total. The average molecular weight is 244 g/mol. The van der Waals surface area contributed by atoms with E-state index in [1.54, 1.807) is 0 Å². The molecule has 1 saturated carbocycles. The van der Waals surface area contributed by atoms with Crippen molar-refractivity contribution in [1.29, 1.82) is 0 Å². The summed E-state index contributed by atoms with van der Waals surface area (Å²) >= 11 is 0. The van der Waals surface area contributed by atoms with E-state index in [-0.39, 0.29) is 5.97 Å². The summed E-state index contributed by atoms with van der Waals surface area (Å²) in [5.74, 6) is 1.15. The minimum Gasteiger partial charge on any atom is -0.469 e. The highest BCUT2D eigenvalue weighted by molar-refractivity contribution is 6.32. The van der Waals surface area contributed by atoms with E-state index in [1.165, 1.54) is 31.0 Å². The number of methoxy groups -OCH3 is 1. The number of benzene rings is 1. The number of carbonyl (C=O) groups is 1. The molecule has 0 heterocycles. The van der Waals surface area contributed by atoms with Gasteiger partial charge in [0, 0.05) is 6.42 Å². The molecule has 0 bridgehead atoms. The summed E-state index contributed by atoms with van der Waals surface area (Å²) in [5.41, 5.74) is 2.77. The van der Waals surface area contributed by atoms with Crippen molar-refractivity contribution in [3.8, 4) is 0 Å². The molecule has 0 unspecified atom stereocenters. The van der Waals surface area contributed by atoms with Gasteiger partial charge in [0.25, 0.3) is 0 Å². The van der Waals surface area contributed by atoms with E-state index in [1.807, 2.05) is 0 Å². The standard InChI is InChI=1S/C15H21BO2/c1-18-15(17)10-11-2-4-12(5-3-11)13-6-8-14(16)9-7-13/h6-9,11-12H,2-5,10,16H2,1H3/t11-,12-. The van der Waals surface area contributed by atoms with Crippen molar-refractivity contribution < 1.29 is 9.53 Å². The van der Waals surface area contributed by atoms with Gasteiger partial charge in [-0.15, -0.1) is 0 Å². The molecule has 1 aliphatic carbocycles. The molecule has 0 amide bonds. The first kappa shape index (κ1) is 13.2. The van der Waals surface area contributed by atoms with E-state index in [4.69, 9.17) is 4.74 Å². The van der Waals surface area contributed by atoms with Gasteiger partial charge >= 0.3 is 5.97 Å². The first-order chi connectivity index (χ1) is 8.69. The van der Waals surface area contributed by atoms with Crippen molar-refractivity contribution >= 4 is 19.3 Å². The number of carbonyl (C=O) groups excluding carboxylic acids is 1. The van der Waals surface area contributed by atoms with Crippen molar-refractivity contribution in [2.24, 2.45) is 5.92 Å². The van der Waals surface area contributed by atoms with Crippen LogP contribution in [0.3, 0.4) is 0 Å². The van der Waals surface area contributed by atoms with Crippen LogP contribution >= 0.6 is 0 Å². The lowest BCUT2D eigenvalue weighted by molar-refractivity contribution is -0.142. The molecule has 3 heteroatoms. The third-order valence-electron chi connectivity index (χ3n) is 4.08. The van der Waals surface area contributed by atoms with Gasteiger partial charge in [-0.25, -0.2) is 0 Å². The van der Waals surface area contributed by atoms with E-state index in [2.05, 4.69) is 32.1 Å². The molecule has 1 aromatic rings. The zero-order valence-corrected chi connectivity index (χ0v) is 11.3. The van der Waals surface area contributed by atoms with Crippen LogP contribution in [0.5, 0.6) is 0 Å². The highest BCUT2D eigenvalue weighted by Crippen LogP contribution is 2.36. The molecule has 1 aliphatic rings. The molecule has 0 spiro atoms. The first-order valence-electron chi connectivity index (χ1n) is 6.82. The molecule has 0 radical (unpaired) electrons. The van der Waals surface area contributed by atoms with Gasteiger partial charge in [-0.2, -0.15) is 0 Å². The Morgan fingerprint density at radius 2 is 1.83 bits per heavy atom.